The van der Waals surface area contributed by atoms with Crippen LogP contribution < -0.4 is 10.1 Å². The van der Waals surface area contributed by atoms with E-state index in [1.807, 2.05) is 37.3 Å². The number of aryl methyl sites for hydroxylation is 1. The Morgan fingerprint density at radius 1 is 1.13 bits per heavy atom. The van der Waals surface area contributed by atoms with Gasteiger partial charge in [0, 0.05) is 30.0 Å². The summed E-state index contributed by atoms with van der Waals surface area (Å²) in [5, 5.41) is 3.50. The minimum absolute atomic E-state index is 0.407. The van der Waals surface area contributed by atoms with Gasteiger partial charge in [-0.1, -0.05) is 18.2 Å². The molecule has 3 aromatic rings. The molecule has 0 spiro atoms. The Kier molecular flexibility index (Phi) is 5.44. The number of anilines is 2. The number of hydrogen-bond donors (Lipinski definition) is 1. The average Bonchev–Trinajstić information content (AvgIpc) is 2.74. The van der Waals surface area contributed by atoms with Crippen LogP contribution >= 0.6 is 0 Å². The largest absolute Gasteiger partial charge is 0.480 e. The maximum atomic E-state index is 11.9. The molecule has 0 saturated heterocycles. The van der Waals surface area contributed by atoms with Crippen molar-refractivity contribution in [2.24, 2.45) is 0 Å². The van der Waals surface area contributed by atoms with Crippen molar-refractivity contribution >= 4 is 21.4 Å². The summed E-state index contributed by atoms with van der Waals surface area (Å²) in [7, 11) is -1.63. The zero-order valence-corrected chi connectivity index (χ0v) is 18.0. The SMILES string of the molecule is COc1cnc(-c2cc(Nc3cccc4c3CCN(S(C)(=O)=O)C4)ccc2C)cn1. The summed E-state index contributed by atoms with van der Waals surface area (Å²) in [5.74, 6) is 0.477. The van der Waals surface area contributed by atoms with Crippen LogP contribution in [0.3, 0.4) is 0 Å². The van der Waals surface area contributed by atoms with E-state index in [0.717, 1.165) is 39.3 Å². The number of rotatable bonds is 5. The van der Waals surface area contributed by atoms with Crippen molar-refractivity contribution < 1.29 is 13.2 Å². The standard InChI is InChI=1S/C22H24N4O3S/c1-15-7-8-17(11-19(15)21-12-24-22(29-2)13-23-21)25-20-6-4-5-16-14-26(30(3,27)28)10-9-18(16)20/h4-8,11-13,25H,9-10,14H2,1-3H3. The first-order valence-corrected chi connectivity index (χ1v) is 11.5. The van der Waals surface area contributed by atoms with E-state index >= 15 is 0 Å². The second kappa shape index (κ2) is 8.04. The van der Waals surface area contributed by atoms with Crippen LogP contribution in [0, 0.1) is 6.92 Å². The van der Waals surface area contributed by atoms with E-state index in [-0.39, 0.29) is 0 Å². The first kappa shape index (κ1) is 20.3. The molecule has 8 heteroatoms. The molecule has 0 amide bonds. The van der Waals surface area contributed by atoms with Crippen molar-refractivity contribution in [1.82, 2.24) is 14.3 Å². The summed E-state index contributed by atoms with van der Waals surface area (Å²) in [6.07, 6.45) is 5.25. The molecule has 1 N–H and O–H groups in total. The Balaban J connectivity index is 1.63. The number of fused-ring (bicyclic) bond motifs is 1. The summed E-state index contributed by atoms with van der Waals surface area (Å²) >= 11 is 0. The van der Waals surface area contributed by atoms with Crippen molar-refractivity contribution in [3.05, 3.63) is 65.5 Å². The predicted octanol–water partition coefficient (Wildman–Crippen LogP) is 3.52. The van der Waals surface area contributed by atoms with Gasteiger partial charge in [0.1, 0.15) is 0 Å². The van der Waals surface area contributed by atoms with E-state index in [4.69, 9.17) is 4.74 Å². The van der Waals surface area contributed by atoms with Gasteiger partial charge in [-0.15, -0.1) is 0 Å². The highest BCUT2D eigenvalue weighted by Crippen LogP contribution is 2.31. The lowest BCUT2D eigenvalue weighted by Crippen LogP contribution is -2.35. The number of sulfonamides is 1. The fourth-order valence-corrected chi connectivity index (χ4v) is 4.47. The highest BCUT2D eigenvalue weighted by Gasteiger charge is 2.24. The van der Waals surface area contributed by atoms with Gasteiger partial charge in [0.25, 0.3) is 0 Å². The van der Waals surface area contributed by atoms with Crippen LogP contribution in [0.25, 0.3) is 11.3 Å². The number of nitrogens with zero attached hydrogens (tertiary/aromatic N) is 3. The summed E-state index contributed by atoms with van der Waals surface area (Å²) in [4.78, 5) is 8.71. The molecule has 156 valence electrons. The summed E-state index contributed by atoms with van der Waals surface area (Å²) in [6.45, 7) is 2.94. The van der Waals surface area contributed by atoms with Crippen molar-refractivity contribution in [1.29, 1.82) is 0 Å². The van der Waals surface area contributed by atoms with Crippen LogP contribution in [-0.4, -0.2) is 42.6 Å². The van der Waals surface area contributed by atoms with Crippen LogP contribution in [-0.2, 0) is 23.0 Å². The molecule has 0 saturated carbocycles. The van der Waals surface area contributed by atoms with Gasteiger partial charge in [0.15, 0.2) is 0 Å². The lowest BCUT2D eigenvalue weighted by Gasteiger charge is -2.28. The molecule has 1 aromatic heterocycles. The highest BCUT2D eigenvalue weighted by molar-refractivity contribution is 7.88. The minimum atomic E-state index is -3.20. The molecule has 1 aliphatic rings. The maximum Gasteiger partial charge on any atom is 0.232 e. The van der Waals surface area contributed by atoms with Gasteiger partial charge < -0.3 is 10.1 Å². The lowest BCUT2D eigenvalue weighted by molar-refractivity contribution is 0.395. The Morgan fingerprint density at radius 3 is 2.67 bits per heavy atom. The van der Waals surface area contributed by atoms with Crippen LogP contribution in [0.5, 0.6) is 5.88 Å². The Bertz CT molecular complexity index is 1180. The third kappa shape index (κ3) is 4.15. The van der Waals surface area contributed by atoms with Gasteiger partial charge in [-0.2, -0.15) is 4.31 Å². The van der Waals surface area contributed by atoms with Crippen molar-refractivity contribution in [3.63, 3.8) is 0 Å². The zero-order chi connectivity index (χ0) is 21.3. The van der Waals surface area contributed by atoms with Gasteiger partial charge in [0.2, 0.25) is 15.9 Å². The zero-order valence-electron chi connectivity index (χ0n) is 17.2. The molecule has 0 fully saturated rings. The lowest BCUT2D eigenvalue weighted by atomic mass is 9.98. The Morgan fingerprint density at radius 2 is 1.97 bits per heavy atom. The van der Waals surface area contributed by atoms with Crippen LogP contribution in [0.1, 0.15) is 16.7 Å². The number of ether oxygens (including phenoxy) is 1. The molecule has 0 bridgehead atoms. The summed E-state index contributed by atoms with van der Waals surface area (Å²) in [5.41, 5.74) is 6.98. The van der Waals surface area contributed by atoms with Crippen molar-refractivity contribution in [3.8, 4) is 17.1 Å². The van der Waals surface area contributed by atoms with Gasteiger partial charge >= 0.3 is 0 Å². The van der Waals surface area contributed by atoms with E-state index in [1.54, 1.807) is 19.5 Å². The fraction of sp³-hybridized carbons (Fsp3) is 0.273. The van der Waals surface area contributed by atoms with E-state index < -0.39 is 10.0 Å². The van der Waals surface area contributed by atoms with Crippen LogP contribution in [0.15, 0.2) is 48.8 Å². The Labute approximate surface area is 176 Å². The van der Waals surface area contributed by atoms with Crippen LogP contribution in [0.4, 0.5) is 11.4 Å². The quantitative estimate of drug-likeness (QED) is 0.675. The molecule has 2 aromatic carbocycles. The summed E-state index contributed by atoms with van der Waals surface area (Å²) in [6, 6.07) is 12.1. The van der Waals surface area contributed by atoms with Gasteiger partial charge in [-0.05, 0) is 48.2 Å². The maximum absolute atomic E-state index is 11.9. The van der Waals surface area contributed by atoms with E-state index in [2.05, 4.69) is 21.4 Å². The van der Waals surface area contributed by atoms with Gasteiger partial charge in [0.05, 0.1) is 31.5 Å². The van der Waals surface area contributed by atoms with Crippen LogP contribution in [0.2, 0.25) is 0 Å². The number of nitrogens with one attached hydrogen (secondary N) is 1. The molecule has 30 heavy (non-hydrogen) atoms. The predicted molar refractivity (Wildman–Crippen MR) is 117 cm³/mol. The third-order valence-corrected chi connectivity index (χ3v) is 6.58. The first-order chi connectivity index (χ1) is 14.3. The molecule has 0 atom stereocenters. The molecule has 7 nitrogen and oxygen atoms in total. The molecule has 1 aliphatic heterocycles. The first-order valence-electron chi connectivity index (χ1n) is 9.65. The Hall–Kier alpha value is -2.97. The fourth-order valence-electron chi connectivity index (χ4n) is 3.68. The molecule has 4 rings (SSSR count). The number of hydrogen-bond acceptors (Lipinski definition) is 6. The molecular formula is C22H24N4O3S. The van der Waals surface area contributed by atoms with Gasteiger partial charge in [-0.3, -0.25) is 0 Å². The number of methoxy groups -OCH3 is 1. The second-order valence-corrected chi connectivity index (χ2v) is 9.37. The average molecular weight is 425 g/mol. The molecule has 0 aliphatic carbocycles. The molecular weight excluding hydrogens is 400 g/mol. The molecule has 2 heterocycles. The van der Waals surface area contributed by atoms with Crippen molar-refractivity contribution in [2.75, 3.05) is 25.2 Å². The minimum Gasteiger partial charge on any atom is -0.480 e. The number of aromatic nitrogens is 2. The topological polar surface area (TPSA) is 84.4 Å². The second-order valence-electron chi connectivity index (χ2n) is 7.39. The third-order valence-electron chi connectivity index (χ3n) is 5.33. The summed E-state index contributed by atoms with van der Waals surface area (Å²) < 4.78 is 30.4. The molecule has 0 radical (unpaired) electrons. The molecule has 0 unspecified atom stereocenters. The normalized spacial score (nSPS) is 14.2. The smallest absolute Gasteiger partial charge is 0.232 e. The van der Waals surface area contributed by atoms with E-state index in [0.29, 0.717) is 25.4 Å². The van der Waals surface area contributed by atoms with E-state index in [9.17, 15) is 8.42 Å². The monoisotopic (exact) mass is 424 g/mol. The highest BCUT2D eigenvalue weighted by atomic mass is 32.2. The van der Waals surface area contributed by atoms with Gasteiger partial charge in [-0.25, -0.2) is 18.4 Å². The van der Waals surface area contributed by atoms with E-state index in [1.165, 1.54) is 10.6 Å². The number of benzene rings is 2. The van der Waals surface area contributed by atoms with Crippen molar-refractivity contribution in [2.45, 2.75) is 19.9 Å².